The van der Waals surface area contributed by atoms with E-state index in [2.05, 4.69) is 75.2 Å². The Hall–Kier alpha value is 3.43. The summed E-state index contributed by atoms with van der Waals surface area (Å²) in [7, 11) is 17.0. The van der Waals surface area contributed by atoms with E-state index in [-0.39, 0.29) is 133 Å². The van der Waals surface area contributed by atoms with Crippen LogP contribution >= 0.6 is 0 Å². The molecule has 1 saturated carbocycles. The van der Waals surface area contributed by atoms with Gasteiger partial charge in [-0.05, 0) is 6.42 Å². The fourth-order valence-corrected chi connectivity index (χ4v) is 4.79. The van der Waals surface area contributed by atoms with Gasteiger partial charge >= 0.3 is 0 Å². The summed E-state index contributed by atoms with van der Waals surface area (Å²) in [4.78, 5) is 0. The van der Waals surface area contributed by atoms with Crippen molar-refractivity contribution >= 4 is 23.5 Å². The normalized spacial score (nSPS) is 42.6. The zero-order valence-corrected chi connectivity index (χ0v) is 31.1. The molecule has 8 heteroatoms. The van der Waals surface area contributed by atoms with Gasteiger partial charge in [-0.25, -0.2) is 5.82 Å². The van der Waals surface area contributed by atoms with E-state index >= 15 is 0 Å². The molecular formula is C26H43B3O2Y3-6. The Morgan fingerprint density at radius 3 is 1.44 bits per heavy atom. The first kappa shape index (κ1) is 41.9. The Labute approximate surface area is 293 Å². The van der Waals surface area contributed by atoms with Crippen LogP contribution in [0.5, 0.6) is 0 Å². The van der Waals surface area contributed by atoms with E-state index in [1.807, 2.05) is 6.42 Å². The molecule has 2 heterocycles. The summed E-state index contributed by atoms with van der Waals surface area (Å²) in [5.41, 5.74) is -0.113. The number of hydrogen-bond acceptors (Lipinski definition) is 2. The largest absolute Gasteiger partial charge is 0.446 e. The number of rotatable bonds is 4. The van der Waals surface area contributed by atoms with Gasteiger partial charge in [0, 0.05) is 112 Å². The van der Waals surface area contributed by atoms with Gasteiger partial charge in [-0.3, -0.25) is 0 Å². The molecule has 0 aromatic heterocycles. The standard InChI is InChI=1S/C9H15BO.C9H15B.C8H13BO.3Y/c1-4-9(5-2)7(3)6-8(10)11-9;1-4-9(3)6-8(10)5-7(9)2;1-4-8(3)6(2)5-7(9)10-8;;;/h6-8H,1,4-5H2,2-3H3;5,7-8H,3-4,6H2,1-2H3;5-7H,3-4H2,1-2H3;;;/q3*-2;;;/t7-,8+,9?;7-,8-,9?;6-,7-,8?;;;/m001.../s1. The molecule has 0 N–H and O–H groups in total. The zero-order valence-electron chi connectivity index (χ0n) is 22.6. The van der Waals surface area contributed by atoms with Crippen LogP contribution in [0.1, 0.15) is 73.6 Å². The van der Waals surface area contributed by atoms with Gasteiger partial charge in [0.2, 0.25) is 0 Å². The van der Waals surface area contributed by atoms with E-state index < -0.39 is 0 Å². The smallest absolute Gasteiger partial charge is 0.0625 e. The number of hydrogen-bond donors (Lipinski definition) is 0. The van der Waals surface area contributed by atoms with E-state index in [0.717, 1.165) is 32.1 Å². The minimum Gasteiger partial charge on any atom is -0.446 e. The van der Waals surface area contributed by atoms with Crippen molar-refractivity contribution in [1.82, 2.24) is 0 Å². The minimum atomic E-state index is -0.264. The fourth-order valence-electron chi connectivity index (χ4n) is 4.79. The molecule has 2 nitrogen and oxygen atoms in total. The van der Waals surface area contributed by atoms with E-state index in [4.69, 9.17) is 33.0 Å². The number of ether oxygens (including phenoxy) is 2. The fraction of sp³-hybridized carbons (Fsp3) is 0.769. The third-order valence-corrected chi connectivity index (χ3v) is 7.83. The van der Waals surface area contributed by atoms with Crippen molar-refractivity contribution in [3.8, 4) is 0 Å². The van der Waals surface area contributed by atoms with Crippen LogP contribution in [0.4, 0.5) is 0 Å². The third kappa shape index (κ3) is 11.5. The van der Waals surface area contributed by atoms with Crippen molar-refractivity contribution in [3.05, 3.63) is 40.0 Å². The molecule has 9 atom stereocenters. The summed E-state index contributed by atoms with van der Waals surface area (Å²) in [5, 5.41) is 0. The van der Waals surface area contributed by atoms with Crippen molar-refractivity contribution < 1.29 is 108 Å². The van der Waals surface area contributed by atoms with E-state index in [0.29, 0.717) is 17.8 Å². The van der Waals surface area contributed by atoms with Gasteiger partial charge in [-0.15, -0.1) is 18.3 Å². The molecule has 0 amide bonds. The van der Waals surface area contributed by atoms with Crippen molar-refractivity contribution in [2.75, 3.05) is 0 Å². The van der Waals surface area contributed by atoms with Crippen LogP contribution in [-0.4, -0.2) is 46.7 Å². The van der Waals surface area contributed by atoms with Gasteiger partial charge in [0.25, 0.3) is 0 Å². The second-order valence-electron chi connectivity index (χ2n) is 9.78. The van der Waals surface area contributed by atoms with Crippen molar-refractivity contribution in [2.24, 2.45) is 23.2 Å². The quantitative estimate of drug-likeness (QED) is 0.289. The molecule has 3 rings (SSSR count). The first-order valence-corrected chi connectivity index (χ1v) is 12.0. The van der Waals surface area contributed by atoms with Crippen molar-refractivity contribution in [2.45, 2.75) is 103 Å². The molecule has 34 heavy (non-hydrogen) atoms. The third-order valence-electron chi connectivity index (χ3n) is 7.83. The Kier molecular flexibility index (Phi) is 23.1. The summed E-state index contributed by atoms with van der Waals surface area (Å²) in [6, 6.07) is -0.404. The van der Waals surface area contributed by atoms with Crippen LogP contribution in [0.2, 0.25) is 5.82 Å². The summed E-state index contributed by atoms with van der Waals surface area (Å²) in [6.07, 6.45) is 11.2. The Balaban J connectivity index is -0.000000407. The molecule has 1 aliphatic carbocycles. The predicted molar refractivity (Wildman–Crippen MR) is 135 cm³/mol. The molecule has 0 aromatic rings. The summed E-state index contributed by atoms with van der Waals surface area (Å²) < 4.78 is 11.0. The second-order valence-corrected chi connectivity index (χ2v) is 9.78. The maximum atomic E-state index is 5.78. The minimum absolute atomic E-state index is 0. The molecule has 183 valence electrons. The van der Waals surface area contributed by atoms with Gasteiger partial charge in [-0.2, -0.15) is 23.7 Å². The van der Waals surface area contributed by atoms with Crippen LogP contribution in [-0.2, 0) is 108 Å². The maximum Gasteiger partial charge on any atom is 0.0625 e. The first-order chi connectivity index (χ1) is 14.3. The Morgan fingerprint density at radius 2 is 1.26 bits per heavy atom. The molecule has 0 bridgehead atoms. The molecule has 9 radical (unpaired) electrons. The van der Waals surface area contributed by atoms with Gasteiger partial charge < -0.3 is 49.5 Å². The van der Waals surface area contributed by atoms with Gasteiger partial charge in [0.1, 0.15) is 0 Å². The molecule has 0 aromatic carbocycles. The van der Waals surface area contributed by atoms with E-state index in [9.17, 15) is 0 Å². The zero-order chi connectivity index (χ0) is 24.0. The molecule has 0 spiro atoms. The monoisotopic (exact) mass is 687 g/mol. The molecule has 2 aliphatic heterocycles. The average Bonchev–Trinajstić information content (AvgIpc) is 3.26. The Bertz CT molecular complexity index is 511. The van der Waals surface area contributed by atoms with Crippen LogP contribution < -0.4 is 0 Å². The second kappa shape index (κ2) is 18.7. The average molecular weight is 687 g/mol. The molecule has 3 fully saturated rings. The predicted octanol–water partition coefficient (Wildman–Crippen LogP) is 5.47. The van der Waals surface area contributed by atoms with Gasteiger partial charge in [-0.1, -0.05) is 66.0 Å². The molecule has 3 aliphatic rings. The maximum absolute atomic E-state index is 5.78. The SMILES string of the molecule is [B][C@H]1[CH-][C@@H](C)C([CH2-])(CC)O1.[B][C@H]1[CH-][C@H](C)C(C[CH2-])(CC)O1.[B][C@H]1[CH-][C@H](C)C([CH2-])(CC)C1.[Y].[Y].[Y]. The topological polar surface area (TPSA) is 18.5 Å². The van der Waals surface area contributed by atoms with Crippen molar-refractivity contribution in [3.63, 3.8) is 0 Å². The molecule has 2 saturated heterocycles. The van der Waals surface area contributed by atoms with Crippen LogP contribution in [0.3, 0.4) is 0 Å². The molecule has 3 unspecified atom stereocenters. The van der Waals surface area contributed by atoms with Gasteiger partial charge in [0.05, 0.1) is 15.7 Å². The van der Waals surface area contributed by atoms with Crippen LogP contribution in [0.15, 0.2) is 0 Å². The van der Waals surface area contributed by atoms with Gasteiger partial charge in [0.15, 0.2) is 0 Å². The van der Waals surface area contributed by atoms with Crippen LogP contribution in [0, 0.1) is 63.2 Å². The molecular weight excluding hydrogens is 643 g/mol. The van der Waals surface area contributed by atoms with Crippen molar-refractivity contribution in [1.29, 1.82) is 0 Å². The summed E-state index contributed by atoms with van der Waals surface area (Å²) >= 11 is 0. The van der Waals surface area contributed by atoms with E-state index in [1.54, 1.807) is 0 Å². The van der Waals surface area contributed by atoms with Crippen LogP contribution in [0.25, 0.3) is 0 Å². The Morgan fingerprint density at radius 1 is 0.765 bits per heavy atom. The summed E-state index contributed by atoms with van der Waals surface area (Å²) in [6.45, 7) is 24.9. The summed E-state index contributed by atoms with van der Waals surface area (Å²) in [5.74, 6) is 1.67. The first-order valence-electron chi connectivity index (χ1n) is 12.0. The van der Waals surface area contributed by atoms with E-state index in [1.165, 1.54) is 0 Å².